The normalized spacial score (nSPS) is 10.9. The number of benzene rings is 2. The minimum Gasteiger partial charge on any atom is -0.836 e. The lowest BCUT2D eigenvalue weighted by atomic mass is 10.1. The van der Waals surface area contributed by atoms with Crippen molar-refractivity contribution in [3.05, 3.63) is 80.5 Å². The van der Waals surface area contributed by atoms with Gasteiger partial charge in [0.25, 0.3) is 11.4 Å². The quantitative estimate of drug-likeness (QED) is 0.125. The average Bonchev–Trinajstić information content (AvgIpc) is 3.08. The maximum atomic E-state index is 12.7. The molecule has 1 heterocycles. The van der Waals surface area contributed by atoms with Crippen molar-refractivity contribution in [1.29, 1.82) is 0 Å². The van der Waals surface area contributed by atoms with Gasteiger partial charge in [-0.1, -0.05) is 16.7 Å². The summed E-state index contributed by atoms with van der Waals surface area (Å²) >= 11 is 5.83. The van der Waals surface area contributed by atoms with Gasteiger partial charge in [-0.15, -0.1) is 4.68 Å². The molecule has 0 aliphatic carbocycles. The minimum absolute atomic E-state index is 0.0145. The number of hydrogen-bond donors (Lipinski definition) is 0. The second kappa shape index (κ2) is 9.79. The van der Waals surface area contributed by atoms with Crippen molar-refractivity contribution in [1.82, 2.24) is 10.0 Å². The zero-order valence-corrected chi connectivity index (χ0v) is 17.4. The number of nitro groups is 1. The highest BCUT2D eigenvalue weighted by molar-refractivity contribution is 6.30. The number of halogens is 1. The zero-order valence-electron chi connectivity index (χ0n) is 16.7. The van der Waals surface area contributed by atoms with Crippen molar-refractivity contribution in [3.8, 4) is 5.88 Å². The first-order valence-electron chi connectivity index (χ1n) is 9.25. The fourth-order valence-electron chi connectivity index (χ4n) is 2.64. The molecule has 3 aromatic rings. The Morgan fingerprint density at radius 2 is 1.88 bits per heavy atom. The molecule has 32 heavy (non-hydrogen) atoms. The van der Waals surface area contributed by atoms with E-state index in [0.717, 1.165) is 4.68 Å². The molecule has 0 N–H and O–H groups in total. The van der Waals surface area contributed by atoms with Crippen LogP contribution in [0.5, 0.6) is 5.88 Å². The highest BCUT2D eigenvalue weighted by atomic mass is 35.5. The Kier molecular flexibility index (Phi) is 6.90. The number of non-ortho nitro benzene ring substituents is 1. The van der Waals surface area contributed by atoms with E-state index in [-0.39, 0.29) is 12.3 Å². The number of Topliss-reactive ketones (excluding diaryl/α,β-unsaturated/α-hetero) is 1. The fourth-order valence-corrected chi connectivity index (χ4v) is 2.76. The molecule has 0 amide bonds. The van der Waals surface area contributed by atoms with Crippen molar-refractivity contribution in [2.24, 2.45) is 5.10 Å². The van der Waals surface area contributed by atoms with Crippen LogP contribution in [0.4, 0.5) is 5.69 Å². The summed E-state index contributed by atoms with van der Waals surface area (Å²) in [7, 11) is 0. The smallest absolute Gasteiger partial charge is 0.383 e. The molecule has 1 aromatic heterocycles. The molecular formula is C20H16ClN5O6. The summed E-state index contributed by atoms with van der Waals surface area (Å²) < 4.78 is 5.83. The van der Waals surface area contributed by atoms with Crippen LogP contribution in [0.15, 0.2) is 53.6 Å². The molecular weight excluding hydrogens is 442 g/mol. The molecule has 0 fully saturated rings. The molecule has 2 aromatic carbocycles. The van der Waals surface area contributed by atoms with E-state index in [2.05, 4.69) is 10.3 Å². The lowest BCUT2D eigenvalue weighted by Crippen LogP contribution is -2.45. The first-order chi connectivity index (χ1) is 15.3. The molecule has 0 saturated carbocycles. The molecule has 12 heteroatoms. The number of ketones is 1. The Morgan fingerprint density at radius 3 is 2.47 bits per heavy atom. The Balaban J connectivity index is 1.91. The van der Waals surface area contributed by atoms with Crippen molar-refractivity contribution in [2.45, 2.75) is 13.5 Å². The average molecular weight is 458 g/mol. The van der Waals surface area contributed by atoms with Gasteiger partial charge < -0.3 is 9.84 Å². The standard InChI is InChI=1S/C20H16ClN5O6/c1-2-32-20(29)18-19(28)25(22-11-13-3-9-16(10-4-13)26(30)31)23-24(18)12-17(27)14-5-7-15(21)8-6-14/h3-11H,2,12H2,1H3/b22-11+. The van der Waals surface area contributed by atoms with Crippen LogP contribution in [0.2, 0.25) is 5.02 Å². The van der Waals surface area contributed by atoms with Gasteiger partial charge in [0.05, 0.1) is 17.7 Å². The van der Waals surface area contributed by atoms with Crippen LogP contribution in [0.1, 0.15) is 33.3 Å². The van der Waals surface area contributed by atoms with E-state index in [1.54, 1.807) is 6.92 Å². The monoisotopic (exact) mass is 457 g/mol. The Labute approximate surface area is 186 Å². The third-order valence-electron chi connectivity index (χ3n) is 4.18. The molecule has 0 unspecified atom stereocenters. The van der Waals surface area contributed by atoms with Gasteiger partial charge in [0.1, 0.15) is 5.21 Å². The molecule has 0 radical (unpaired) electrons. The van der Waals surface area contributed by atoms with E-state index < -0.39 is 34.8 Å². The van der Waals surface area contributed by atoms with Gasteiger partial charge >= 0.3 is 5.97 Å². The first-order valence-corrected chi connectivity index (χ1v) is 9.62. The molecule has 0 spiro atoms. The summed E-state index contributed by atoms with van der Waals surface area (Å²) in [5.41, 5.74) is 0.198. The van der Waals surface area contributed by atoms with Crippen LogP contribution < -0.4 is 9.79 Å². The minimum atomic E-state index is -0.946. The molecule has 0 atom stereocenters. The van der Waals surface area contributed by atoms with Gasteiger partial charge in [0.15, 0.2) is 12.4 Å². The van der Waals surface area contributed by atoms with E-state index in [1.807, 2.05) is 0 Å². The van der Waals surface area contributed by atoms with Crippen molar-refractivity contribution >= 4 is 35.3 Å². The molecule has 3 rings (SSSR count). The van der Waals surface area contributed by atoms with Crippen LogP contribution in [-0.2, 0) is 11.3 Å². The van der Waals surface area contributed by atoms with Crippen LogP contribution in [-0.4, -0.2) is 39.5 Å². The van der Waals surface area contributed by atoms with Gasteiger partial charge in [-0.3, -0.25) is 14.9 Å². The third-order valence-corrected chi connectivity index (χ3v) is 4.44. The number of hydrogen-bond acceptors (Lipinski definition) is 8. The van der Waals surface area contributed by atoms with Gasteiger partial charge in [-0.25, -0.2) is 4.79 Å². The van der Waals surface area contributed by atoms with Crippen LogP contribution >= 0.6 is 11.6 Å². The number of nitro benzene ring substituents is 1. The summed E-state index contributed by atoms with van der Waals surface area (Å²) in [5, 5.41) is 31.7. The van der Waals surface area contributed by atoms with Crippen molar-refractivity contribution in [2.75, 3.05) is 6.61 Å². The second-order valence-corrected chi connectivity index (χ2v) is 6.77. The predicted molar refractivity (Wildman–Crippen MR) is 110 cm³/mol. The summed E-state index contributed by atoms with van der Waals surface area (Å²) in [6.45, 7) is 1.18. The van der Waals surface area contributed by atoms with Crippen molar-refractivity contribution < 1.29 is 29.0 Å². The Morgan fingerprint density at radius 1 is 1.22 bits per heavy atom. The zero-order chi connectivity index (χ0) is 23.3. The SMILES string of the molecule is CCOC(=O)c1c([O-])n(/N=C/c2ccc([N+](=O)[O-])cc2)n[n+]1CC(=O)c1ccc(Cl)cc1. The van der Waals surface area contributed by atoms with Gasteiger partial charge in [0, 0.05) is 22.7 Å². The van der Waals surface area contributed by atoms with Gasteiger partial charge in [-0.05, 0) is 53.7 Å². The van der Waals surface area contributed by atoms with E-state index >= 15 is 0 Å². The fraction of sp³-hybridized carbons (Fsp3) is 0.150. The van der Waals surface area contributed by atoms with E-state index in [1.165, 1.54) is 54.7 Å². The van der Waals surface area contributed by atoms with Gasteiger partial charge in [-0.2, -0.15) is 0 Å². The van der Waals surface area contributed by atoms with Gasteiger partial charge in [0.2, 0.25) is 5.78 Å². The molecule has 0 aliphatic rings. The van der Waals surface area contributed by atoms with E-state index in [0.29, 0.717) is 20.9 Å². The largest absolute Gasteiger partial charge is 0.836 e. The topological polar surface area (TPSA) is 144 Å². The van der Waals surface area contributed by atoms with Crippen LogP contribution in [0.25, 0.3) is 0 Å². The summed E-state index contributed by atoms with van der Waals surface area (Å²) in [4.78, 5) is 35.7. The lowest BCUT2D eigenvalue weighted by Gasteiger charge is -2.03. The maximum absolute atomic E-state index is 12.7. The number of esters is 1. The van der Waals surface area contributed by atoms with Crippen molar-refractivity contribution in [3.63, 3.8) is 0 Å². The third kappa shape index (κ3) is 5.13. The number of aromatic nitrogens is 3. The molecule has 11 nitrogen and oxygen atoms in total. The predicted octanol–water partition coefficient (Wildman–Crippen LogP) is 1.75. The summed E-state index contributed by atoms with van der Waals surface area (Å²) in [6, 6.07) is 11.5. The molecule has 0 aliphatic heterocycles. The second-order valence-electron chi connectivity index (χ2n) is 6.33. The summed E-state index contributed by atoms with van der Waals surface area (Å²) in [6.07, 6.45) is 1.23. The van der Waals surface area contributed by atoms with E-state index in [4.69, 9.17) is 16.3 Å². The lowest BCUT2D eigenvalue weighted by molar-refractivity contribution is -0.745. The Bertz CT molecular complexity index is 1190. The number of carbonyl (C=O) groups excluding carboxylic acids is 2. The number of carbonyl (C=O) groups is 2. The highest BCUT2D eigenvalue weighted by Gasteiger charge is 2.29. The number of nitrogens with zero attached hydrogens (tertiary/aromatic N) is 5. The van der Waals surface area contributed by atoms with E-state index in [9.17, 15) is 24.8 Å². The summed E-state index contributed by atoms with van der Waals surface area (Å²) in [5.74, 6) is -2.25. The number of rotatable bonds is 8. The molecule has 0 saturated heterocycles. The molecule has 164 valence electrons. The van der Waals surface area contributed by atoms with Crippen LogP contribution in [0, 0.1) is 10.1 Å². The first kappa shape index (κ1) is 22.6. The maximum Gasteiger partial charge on any atom is 0.383 e. The van der Waals surface area contributed by atoms with Crippen LogP contribution in [0.3, 0.4) is 0 Å². The number of ether oxygens (including phenoxy) is 1. The molecule has 0 bridgehead atoms. The highest BCUT2D eigenvalue weighted by Crippen LogP contribution is 2.14. The Hall–Kier alpha value is -4.12.